The number of ether oxygens (including phenoxy) is 1. The Morgan fingerprint density at radius 3 is 2.62 bits per heavy atom. The third-order valence-corrected chi connectivity index (χ3v) is 4.76. The zero-order valence-electron chi connectivity index (χ0n) is 16.6. The molecule has 29 heavy (non-hydrogen) atoms. The van der Waals surface area contributed by atoms with Crippen LogP contribution in [0.3, 0.4) is 0 Å². The number of rotatable bonds is 6. The van der Waals surface area contributed by atoms with Gasteiger partial charge in [-0.3, -0.25) is 4.79 Å². The smallest absolute Gasteiger partial charge is 0.251 e. The van der Waals surface area contributed by atoms with E-state index in [0.717, 1.165) is 33.9 Å². The molecule has 7 heteroatoms. The third-order valence-electron chi connectivity index (χ3n) is 4.76. The van der Waals surface area contributed by atoms with Crippen LogP contribution in [0.25, 0.3) is 5.65 Å². The number of fused-ring (bicyclic) bond motifs is 1. The van der Waals surface area contributed by atoms with Gasteiger partial charge in [-0.25, -0.2) is 4.98 Å². The summed E-state index contributed by atoms with van der Waals surface area (Å²) in [5, 5.41) is 6.82. The number of nitrogens with one attached hydrogen (secondary N) is 1. The predicted octanol–water partition coefficient (Wildman–Crippen LogP) is 3.76. The number of imidazole rings is 1. The fourth-order valence-electron chi connectivity index (χ4n) is 3.08. The summed E-state index contributed by atoms with van der Waals surface area (Å²) in [5.74, 6) is 1.27. The summed E-state index contributed by atoms with van der Waals surface area (Å²) in [6.45, 7) is 6.51. The summed E-state index contributed by atoms with van der Waals surface area (Å²) in [7, 11) is 0. The lowest BCUT2D eigenvalue weighted by molar-refractivity contribution is 0.0950. The number of hydrogen-bond donors (Lipinski definition) is 1. The second kappa shape index (κ2) is 7.79. The van der Waals surface area contributed by atoms with E-state index in [1.807, 2.05) is 49.7 Å². The van der Waals surface area contributed by atoms with Gasteiger partial charge in [-0.2, -0.15) is 0 Å². The summed E-state index contributed by atoms with van der Waals surface area (Å²) in [4.78, 5) is 16.9. The SMILES string of the molecule is Cc1ccc2nc(CNC(=O)c3ccc(OCc4c(C)noc4C)cc3)cn2c1. The molecule has 0 aliphatic heterocycles. The zero-order valence-corrected chi connectivity index (χ0v) is 16.6. The highest BCUT2D eigenvalue weighted by Crippen LogP contribution is 2.18. The van der Waals surface area contributed by atoms with Crippen LogP contribution in [0.5, 0.6) is 5.75 Å². The van der Waals surface area contributed by atoms with E-state index in [0.29, 0.717) is 24.5 Å². The average Bonchev–Trinajstić information content (AvgIpc) is 3.27. The van der Waals surface area contributed by atoms with Gasteiger partial charge in [0.25, 0.3) is 5.91 Å². The van der Waals surface area contributed by atoms with Crippen LogP contribution in [-0.4, -0.2) is 20.4 Å². The highest BCUT2D eigenvalue weighted by atomic mass is 16.5. The molecule has 1 aromatic carbocycles. The zero-order chi connectivity index (χ0) is 20.4. The quantitative estimate of drug-likeness (QED) is 0.542. The third kappa shape index (κ3) is 4.13. The normalized spacial score (nSPS) is 11.0. The molecule has 1 amide bonds. The minimum absolute atomic E-state index is 0.157. The summed E-state index contributed by atoms with van der Waals surface area (Å²) in [6.07, 6.45) is 3.93. The second-order valence-electron chi connectivity index (χ2n) is 7.00. The van der Waals surface area contributed by atoms with Gasteiger partial charge in [0, 0.05) is 18.0 Å². The van der Waals surface area contributed by atoms with Gasteiger partial charge in [0.1, 0.15) is 23.8 Å². The summed E-state index contributed by atoms with van der Waals surface area (Å²) in [6, 6.07) is 11.0. The molecule has 4 aromatic rings. The minimum Gasteiger partial charge on any atom is -0.489 e. The Hall–Kier alpha value is -3.61. The molecule has 0 radical (unpaired) electrons. The molecule has 0 spiro atoms. The van der Waals surface area contributed by atoms with Gasteiger partial charge in [-0.05, 0) is 56.7 Å². The maximum Gasteiger partial charge on any atom is 0.251 e. The van der Waals surface area contributed by atoms with Gasteiger partial charge in [0.15, 0.2) is 0 Å². The van der Waals surface area contributed by atoms with Crippen molar-refractivity contribution in [2.75, 3.05) is 0 Å². The maximum absolute atomic E-state index is 12.4. The van der Waals surface area contributed by atoms with Crippen molar-refractivity contribution in [1.82, 2.24) is 19.9 Å². The van der Waals surface area contributed by atoms with Crippen LogP contribution in [0, 0.1) is 20.8 Å². The highest BCUT2D eigenvalue weighted by Gasteiger charge is 2.11. The Balaban J connectivity index is 1.35. The molecule has 7 nitrogen and oxygen atoms in total. The number of aryl methyl sites for hydroxylation is 3. The molecule has 148 valence electrons. The molecular formula is C22H22N4O3. The molecule has 0 saturated heterocycles. The molecule has 3 heterocycles. The van der Waals surface area contributed by atoms with Crippen molar-refractivity contribution in [3.8, 4) is 5.75 Å². The van der Waals surface area contributed by atoms with E-state index in [-0.39, 0.29) is 5.91 Å². The van der Waals surface area contributed by atoms with Crippen molar-refractivity contribution in [3.63, 3.8) is 0 Å². The van der Waals surface area contributed by atoms with Crippen LogP contribution in [0.4, 0.5) is 0 Å². The Bertz CT molecular complexity index is 1140. The van der Waals surface area contributed by atoms with Gasteiger partial charge < -0.3 is 19.0 Å². The summed E-state index contributed by atoms with van der Waals surface area (Å²) in [5.41, 5.74) is 5.15. The topological polar surface area (TPSA) is 81.7 Å². The van der Waals surface area contributed by atoms with Gasteiger partial charge in [0.2, 0.25) is 0 Å². The number of benzene rings is 1. The van der Waals surface area contributed by atoms with Crippen molar-refractivity contribution in [1.29, 1.82) is 0 Å². The van der Waals surface area contributed by atoms with E-state index in [1.54, 1.807) is 24.3 Å². The van der Waals surface area contributed by atoms with E-state index in [4.69, 9.17) is 9.26 Å². The van der Waals surface area contributed by atoms with Crippen LogP contribution in [0.1, 0.15) is 38.6 Å². The van der Waals surface area contributed by atoms with E-state index < -0.39 is 0 Å². The fraction of sp³-hybridized carbons (Fsp3) is 0.227. The molecular weight excluding hydrogens is 368 g/mol. The number of aromatic nitrogens is 3. The maximum atomic E-state index is 12.4. The molecule has 0 unspecified atom stereocenters. The van der Waals surface area contributed by atoms with E-state index >= 15 is 0 Å². The number of hydrogen-bond acceptors (Lipinski definition) is 5. The van der Waals surface area contributed by atoms with Gasteiger partial charge in [0.05, 0.1) is 23.5 Å². The van der Waals surface area contributed by atoms with Gasteiger partial charge in [-0.1, -0.05) is 11.2 Å². The molecule has 4 rings (SSSR count). The largest absolute Gasteiger partial charge is 0.489 e. The number of amides is 1. The van der Waals surface area contributed by atoms with Crippen LogP contribution in [0.2, 0.25) is 0 Å². The molecule has 1 N–H and O–H groups in total. The number of nitrogens with zero attached hydrogens (tertiary/aromatic N) is 3. The number of pyridine rings is 1. The van der Waals surface area contributed by atoms with Crippen molar-refractivity contribution in [2.24, 2.45) is 0 Å². The molecule has 0 aliphatic rings. The Kier molecular flexibility index (Phi) is 5.03. The first-order valence-corrected chi connectivity index (χ1v) is 9.36. The highest BCUT2D eigenvalue weighted by molar-refractivity contribution is 5.94. The fourth-order valence-corrected chi connectivity index (χ4v) is 3.08. The molecule has 0 atom stereocenters. The van der Waals surface area contributed by atoms with Gasteiger partial charge in [-0.15, -0.1) is 0 Å². The number of carbonyl (C=O) groups excluding carboxylic acids is 1. The van der Waals surface area contributed by atoms with Crippen LogP contribution in [-0.2, 0) is 13.2 Å². The van der Waals surface area contributed by atoms with E-state index in [1.165, 1.54) is 0 Å². The molecule has 0 saturated carbocycles. The average molecular weight is 390 g/mol. The van der Waals surface area contributed by atoms with Crippen molar-refractivity contribution in [3.05, 3.63) is 82.6 Å². The Labute approximate surface area is 168 Å². The van der Waals surface area contributed by atoms with Crippen molar-refractivity contribution in [2.45, 2.75) is 33.9 Å². The summed E-state index contributed by atoms with van der Waals surface area (Å²) < 4.78 is 12.9. The van der Waals surface area contributed by atoms with Gasteiger partial charge >= 0.3 is 0 Å². The monoisotopic (exact) mass is 390 g/mol. The molecule has 3 aromatic heterocycles. The van der Waals surface area contributed by atoms with E-state index in [2.05, 4.69) is 15.5 Å². The first-order valence-electron chi connectivity index (χ1n) is 9.36. The van der Waals surface area contributed by atoms with Crippen LogP contribution >= 0.6 is 0 Å². The van der Waals surface area contributed by atoms with E-state index in [9.17, 15) is 4.79 Å². The lowest BCUT2D eigenvalue weighted by Crippen LogP contribution is -2.22. The minimum atomic E-state index is -0.157. The molecule has 0 aliphatic carbocycles. The number of carbonyl (C=O) groups is 1. The Morgan fingerprint density at radius 2 is 1.90 bits per heavy atom. The Morgan fingerprint density at radius 1 is 1.10 bits per heavy atom. The van der Waals surface area contributed by atoms with Crippen molar-refractivity contribution < 1.29 is 14.1 Å². The van der Waals surface area contributed by atoms with Crippen LogP contribution in [0.15, 0.2) is 53.3 Å². The van der Waals surface area contributed by atoms with Crippen molar-refractivity contribution >= 4 is 11.6 Å². The second-order valence-corrected chi connectivity index (χ2v) is 7.00. The predicted molar refractivity (Wildman–Crippen MR) is 108 cm³/mol. The lowest BCUT2D eigenvalue weighted by Gasteiger charge is -2.07. The lowest BCUT2D eigenvalue weighted by atomic mass is 10.2. The first kappa shape index (κ1) is 18.7. The molecule has 0 bridgehead atoms. The summed E-state index contributed by atoms with van der Waals surface area (Å²) >= 11 is 0. The first-order chi connectivity index (χ1) is 14.0. The van der Waals surface area contributed by atoms with Crippen LogP contribution < -0.4 is 10.1 Å². The standard InChI is InChI=1S/C22H22N4O3/c1-14-4-9-21-24-18(12-26(21)11-14)10-23-22(27)17-5-7-19(8-6-17)28-13-20-15(2)25-29-16(20)3/h4-9,11-12H,10,13H2,1-3H3,(H,23,27). The molecule has 0 fully saturated rings.